The van der Waals surface area contributed by atoms with Gasteiger partial charge in [0.05, 0.1) is 17.2 Å². The second-order valence-electron chi connectivity index (χ2n) is 6.37. The average molecular weight is 366 g/mol. The van der Waals surface area contributed by atoms with Crippen LogP contribution in [0.15, 0.2) is 48.8 Å². The first-order chi connectivity index (χ1) is 12.7. The molecule has 2 aromatic rings. The molecule has 0 spiro atoms. The predicted octanol–water partition coefficient (Wildman–Crippen LogP) is 3.82. The van der Waals surface area contributed by atoms with Crippen molar-refractivity contribution >= 4 is 17.4 Å². The Balaban J connectivity index is 0.000000844. The Kier molecular flexibility index (Phi) is 6.64. The van der Waals surface area contributed by atoms with Crippen molar-refractivity contribution in [3.05, 3.63) is 71.1 Å². The summed E-state index contributed by atoms with van der Waals surface area (Å²) >= 11 is 0. The molecular formula is C22H26N2O3. The maximum Gasteiger partial charge on any atom is 0.262 e. The quantitative estimate of drug-likeness (QED) is 0.758. The number of imide groups is 1. The van der Waals surface area contributed by atoms with Gasteiger partial charge in [0.15, 0.2) is 0 Å². The fourth-order valence-electron chi connectivity index (χ4n) is 3.67. The Hall–Kier alpha value is -2.79. The Morgan fingerprint density at radius 3 is 2.22 bits per heavy atom. The monoisotopic (exact) mass is 366 g/mol. The van der Waals surface area contributed by atoms with E-state index in [0.717, 1.165) is 30.4 Å². The lowest BCUT2D eigenvalue weighted by atomic mass is 9.89. The molecule has 2 heterocycles. The molecule has 0 radical (unpaired) electrons. The summed E-state index contributed by atoms with van der Waals surface area (Å²) < 4.78 is 0. The van der Waals surface area contributed by atoms with Gasteiger partial charge in [-0.3, -0.25) is 19.5 Å². The summed E-state index contributed by atoms with van der Waals surface area (Å²) in [5.74, 6) is -0.353. The molecule has 0 saturated heterocycles. The van der Waals surface area contributed by atoms with Crippen LogP contribution in [-0.2, 0) is 0 Å². The Labute approximate surface area is 160 Å². The fraction of sp³-hybridized carbons (Fsp3) is 0.318. The molecule has 0 bridgehead atoms. The highest BCUT2D eigenvalue weighted by Crippen LogP contribution is 2.34. The first-order valence-corrected chi connectivity index (χ1v) is 9.25. The molecule has 27 heavy (non-hydrogen) atoms. The van der Waals surface area contributed by atoms with Crippen LogP contribution >= 0.6 is 0 Å². The predicted molar refractivity (Wildman–Crippen MR) is 106 cm³/mol. The van der Waals surface area contributed by atoms with Crippen LogP contribution in [0.3, 0.4) is 0 Å². The van der Waals surface area contributed by atoms with E-state index in [4.69, 9.17) is 0 Å². The Bertz CT molecular complexity index is 838. The average Bonchev–Trinajstić information content (AvgIpc) is 2.95. The molecule has 1 unspecified atom stereocenters. The molecule has 5 heteroatoms. The smallest absolute Gasteiger partial charge is 0.262 e. The lowest BCUT2D eigenvalue weighted by Gasteiger charge is -2.28. The van der Waals surface area contributed by atoms with Crippen LogP contribution in [0, 0.1) is 6.92 Å². The van der Waals surface area contributed by atoms with Gasteiger partial charge in [-0.05, 0) is 61.1 Å². The number of aromatic nitrogens is 1. The summed E-state index contributed by atoms with van der Waals surface area (Å²) in [4.78, 5) is 30.9. The summed E-state index contributed by atoms with van der Waals surface area (Å²) in [6, 6.07) is 8.90. The highest BCUT2D eigenvalue weighted by Gasteiger charge is 2.39. The van der Waals surface area contributed by atoms with Gasteiger partial charge < -0.3 is 5.48 Å². The van der Waals surface area contributed by atoms with E-state index in [0.29, 0.717) is 11.1 Å². The molecule has 142 valence electrons. The van der Waals surface area contributed by atoms with Crippen LogP contribution in [-0.4, -0.2) is 33.2 Å². The number of amides is 2. The number of benzene rings is 1. The van der Waals surface area contributed by atoms with Gasteiger partial charge in [0.2, 0.25) is 0 Å². The van der Waals surface area contributed by atoms with E-state index in [9.17, 15) is 9.59 Å². The van der Waals surface area contributed by atoms with Crippen molar-refractivity contribution in [2.24, 2.45) is 0 Å². The lowest BCUT2D eigenvalue weighted by Crippen LogP contribution is -2.39. The maximum absolute atomic E-state index is 12.7. The Morgan fingerprint density at radius 2 is 1.63 bits per heavy atom. The molecule has 0 fully saturated rings. The number of rotatable bonds is 2. The van der Waals surface area contributed by atoms with E-state index >= 15 is 0 Å². The number of carbonyl (C=O) groups is 2. The first-order valence-electron chi connectivity index (χ1n) is 9.25. The van der Waals surface area contributed by atoms with Gasteiger partial charge in [0, 0.05) is 12.4 Å². The van der Waals surface area contributed by atoms with Crippen LogP contribution in [0.25, 0.3) is 5.57 Å². The van der Waals surface area contributed by atoms with E-state index in [1.165, 1.54) is 10.5 Å². The molecule has 1 atom stereocenters. The van der Waals surface area contributed by atoms with Crippen LogP contribution in [0.5, 0.6) is 0 Å². The van der Waals surface area contributed by atoms with E-state index in [2.05, 4.69) is 11.1 Å². The zero-order valence-electron chi connectivity index (χ0n) is 16.0. The molecule has 1 aliphatic carbocycles. The van der Waals surface area contributed by atoms with E-state index < -0.39 is 0 Å². The molecule has 0 saturated carbocycles. The van der Waals surface area contributed by atoms with Gasteiger partial charge in [-0.25, -0.2) is 0 Å². The van der Waals surface area contributed by atoms with Crippen molar-refractivity contribution in [3.63, 3.8) is 0 Å². The van der Waals surface area contributed by atoms with E-state index in [1.54, 1.807) is 30.5 Å². The van der Waals surface area contributed by atoms with Gasteiger partial charge in [-0.1, -0.05) is 32.1 Å². The molecular weight excluding hydrogens is 340 g/mol. The second kappa shape index (κ2) is 8.73. The first kappa shape index (κ1) is 20.5. The lowest BCUT2D eigenvalue weighted by molar-refractivity contribution is 0.0606. The number of carbonyl (C=O) groups excluding carboxylic acids is 2. The molecule has 2 aliphatic rings. The van der Waals surface area contributed by atoms with Gasteiger partial charge in [-0.2, -0.15) is 0 Å². The summed E-state index contributed by atoms with van der Waals surface area (Å²) in [6.45, 7) is 6.04. The number of nitrogens with zero attached hydrogens (tertiary/aromatic N) is 2. The third kappa shape index (κ3) is 3.69. The molecule has 1 aliphatic heterocycles. The number of hydrogen-bond acceptors (Lipinski definition) is 3. The van der Waals surface area contributed by atoms with Crippen molar-refractivity contribution in [1.29, 1.82) is 0 Å². The van der Waals surface area contributed by atoms with Crippen molar-refractivity contribution in [3.8, 4) is 0 Å². The Morgan fingerprint density at radius 1 is 1.00 bits per heavy atom. The molecule has 4 rings (SSSR count). The van der Waals surface area contributed by atoms with Gasteiger partial charge >= 0.3 is 0 Å². The minimum atomic E-state index is -0.176. The third-order valence-electron chi connectivity index (χ3n) is 4.86. The van der Waals surface area contributed by atoms with Crippen molar-refractivity contribution < 1.29 is 15.1 Å². The maximum atomic E-state index is 12.7. The van der Waals surface area contributed by atoms with Gasteiger partial charge in [0.25, 0.3) is 11.8 Å². The number of pyridine rings is 1. The number of hydrogen-bond donors (Lipinski definition) is 0. The van der Waals surface area contributed by atoms with Crippen LogP contribution < -0.4 is 0 Å². The van der Waals surface area contributed by atoms with E-state index in [1.807, 2.05) is 33.0 Å². The molecule has 1 aromatic carbocycles. The SMILES string of the molecule is CC.Cc1cnccc1C1=CC(N2C(=O)c3ccccc3C2=O)CCC1.O. The largest absolute Gasteiger partial charge is 0.412 e. The topological polar surface area (TPSA) is 81.8 Å². The van der Waals surface area contributed by atoms with Gasteiger partial charge in [-0.15, -0.1) is 0 Å². The molecule has 2 amide bonds. The second-order valence-corrected chi connectivity index (χ2v) is 6.37. The van der Waals surface area contributed by atoms with E-state index in [-0.39, 0.29) is 23.3 Å². The van der Waals surface area contributed by atoms with Crippen LogP contribution in [0.2, 0.25) is 0 Å². The molecule has 1 aromatic heterocycles. The van der Waals surface area contributed by atoms with Crippen LogP contribution in [0.1, 0.15) is 65.0 Å². The zero-order chi connectivity index (χ0) is 18.7. The molecule has 2 N–H and O–H groups in total. The number of allylic oxidation sites excluding steroid dienone is 1. The van der Waals surface area contributed by atoms with Crippen molar-refractivity contribution in [2.75, 3.05) is 0 Å². The van der Waals surface area contributed by atoms with Crippen LogP contribution in [0.4, 0.5) is 0 Å². The number of fused-ring (bicyclic) bond motifs is 1. The summed E-state index contributed by atoms with van der Waals surface area (Å²) in [6.07, 6.45) is 8.47. The number of aryl methyl sites for hydroxylation is 1. The fourth-order valence-corrected chi connectivity index (χ4v) is 3.67. The minimum Gasteiger partial charge on any atom is -0.412 e. The highest BCUT2D eigenvalue weighted by atomic mass is 16.2. The summed E-state index contributed by atoms with van der Waals surface area (Å²) in [5, 5.41) is 0. The van der Waals surface area contributed by atoms with Crippen molar-refractivity contribution in [1.82, 2.24) is 9.88 Å². The van der Waals surface area contributed by atoms with Crippen molar-refractivity contribution in [2.45, 2.75) is 46.1 Å². The zero-order valence-corrected chi connectivity index (χ0v) is 16.0. The van der Waals surface area contributed by atoms with Gasteiger partial charge in [0.1, 0.15) is 0 Å². The summed E-state index contributed by atoms with van der Waals surface area (Å²) in [7, 11) is 0. The third-order valence-corrected chi connectivity index (χ3v) is 4.86. The molecule has 5 nitrogen and oxygen atoms in total. The minimum absolute atomic E-state index is 0. The summed E-state index contributed by atoms with van der Waals surface area (Å²) in [5.41, 5.74) is 4.51. The standard InChI is InChI=1S/C20H18N2O2.C2H6.H2O/c1-13-12-21-10-9-16(13)14-5-4-6-15(11-14)22-19(23)17-7-2-3-8-18(17)20(22)24;1-2;/h2-3,7-12,15H,4-6H2,1H3;1-2H3;1H2. The normalized spacial score (nSPS) is 18.1. The highest BCUT2D eigenvalue weighted by molar-refractivity contribution is 6.21.